The molecule has 5 heteroatoms. The largest absolute Gasteiger partial charge is 0.495 e. The summed E-state index contributed by atoms with van der Waals surface area (Å²) in [5.41, 5.74) is 1.04. The third-order valence-electron chi connectivity index (χ3n) is 2.28. The van der Waals surface area contributed by atoms with E-state index in [1.807, 2.05) is 13.0 Å². The second kappa shape index (κ2) is 7.30. The van der Waals surface area contributed by atoms with Gasteiger partial charge in [-0.15, -0.1) is 0 Å². The molecule has 0 heterocycles. The van der Waals surface area contributed by atoms with Gasteiger partial charge in [-0.3, -0.25) is 4.79 Å². The Morgan fingerprint density at radius 2 is 2.28 bits per heavy atom. The van der Waals surface area contributed by atoms with E-state index in [0.717, 1.165) is 0 Å². The van der Waals surface area contributed by atoms with Crippen LogP contribution in [0, 0.1) is 11.3 Å². The summed E-state index contributed by atoms with van der Waals surface area (Å²) in [6, 6.07) is 6.87. The minimum Gasteiger partial charge on any atom is -0.495 e. The van der Waals surface area contributed by atoms with Crippen molar-refractivity contribution in [2.24, 2.45) is 0 Å². The highest BCUT2D eigenvalue weighted by Gasteiger charge is 2.08. The Bertz CT molecular complexity index is 452. The maximum Gasteiger partial charge on any atom is 0.226 e. The van der Waals surface area contributed by atoms with Crippen LogP contribution in [0.4, 0.5) is 5.69 Å². The van der Waals surface area contributed by atoms with Crippen LogP contribution in [0.3, 0.4) is 0 Å². The number of methoxy groups -OCH3 is 1. The summed E-state index contributed by atoms with van der Waals surface area (Å²) in [6.45, 7) is 2.86. The average Bonchev–Trinajstić information content (AvgIpc) is 2.39. The van der Waals surface area contributed by atoms with Crippen molar-refractivity contribution in [2.45, 2.75) is 13.3 Å². The van der Waals surface area contributed by atoms with Crippen molar-refractivity contribution in [2.75, 3.05) is 25.6 Å². The second-order valence-electron chi connectivity index (χ2n) is 3.52. The number of hydrogen-bond acceptors (Lipinski definition) is 4. The van der Waals surface area contributed by atoms with E-state index in [2.05, 4.69) is 5.32 Å². The van der Waals surface area contributed by atoms with Crippen LogP contribution in [0.5, 0.6) is 5.75 Å². The van der Waals surface area contributed by atoms with Gasteiger partial charge in [0.05, 0.1) is 37.5 Å². The average molecular weight is 248 g/mol. The molecule has 0 aliphatic heterocycles. The molecule has 0 atom stereocenters. The van der Waals surface area contributed by atoms with E-state index >= 15 is 0 Å². The van der Waals surface area contributed by atoms with E-state index in [-0.39, 0.29) is 12.3 Å². The van der Waals surface area contributed by atoms with Crippen LogP contribution in [0.15, 0.2) is 18.2 Å². The predicted molar refractivity (Wildman–Crippen MR) is 67.4 cm³/mol. The van der Waals surface area contributed by atoms with Crippen LogP contribution >= 0.6 is 0 Å². The molecule has 18 heavy (non-hydrogen) atoms. The molecule has 0 saturated carbocycles. The number of anilines is 1. The molecule has 1 aromatic carbocycles. The molecule has 96 valence electrons. The lowest BCUT2D eigenvalue weighted by Crippen LogP contribution is -2.14. The van der Waals surface area contributed by atoms with Crippen LogP contribution < -0.4 is 10.1 Å². The number of amides is 1. The van der Waals surface area contributed by atoms with Gasteiger partial charge in [0, 0.05) is 12.7 Å². The van der Waals surface area contributed by atoms with Crippen molar-refractivity contribution < 1.29 is 14.3 Å². The smallest absolute Gasteiger partial charge is 0.226 e. The van der Waals surface area contributed by atoms with E-state index in [0.29, 0.717) is 30.2 Å². The SMILES string of the molecule is CCOCCC(=O)Nc1ccc(C#N)cc1OC. The molecule has 1 rings (SSSR count). The van der Waals surface area contributed by atoms with Crippen LogP contribution in [0.1, 0.15) is 18.9 Å². The van der Waals surface area contributed by atoms with Gasteiger partial charge in [0.1, 0.15) is 5.75 Å². The summed E-state index contributed by atoms with van der Waals surface area (Å²) in [5, 5.41) is 11.5. The van der Waals surface area contributed by atoms with Crippen molar-refractivity contribution in [3.63, 3.8) is 0 Å². The summed E-state index contributed by atoms with van der Waals surface area (Å²) >= 11 is 0. The Kier molecular flexibility index (Phi) is 5.68. The Balaban J connectivity index is 2.66. The molecular formula is C13H16N2O3. The van der Waals surface area contributed by atoms with Crippen LogP contribution in [0.2, 0.25) is 0 Å². The first-order chi connectivity index (χ1) is 8.71. The maximum absolute atomic E-state index is 11.6. The van der Waals surface area contributed by atoms with E-state index < -0.39 is 0 Å². The molecule has 0 saturated heterocycles. The quantitative estimate of drug-likeness (QED) is 0.781. The fourth-order valence-electron chi connectivity index (χ4n) is 1.39. The van der Waals surface area contributed by atoms with Crippen molar-refractivity contribution >= 4 is 11.6 Å². The van der Waals surface area contributed by atoms with Gasteiger partial charge in [0.25, 0.3) is 0 Å². The number of nitrogens with zero attached hydrogens (tertiary/aromatic N) is 1. The minimum atomic E-state index is -0.147. The molecule has 0 fully saturated rings. The maximum atomic E-state index is 11.6. The number of hydrogen-bond donors (Lipinski definition) is 1. The number of carbonyl (C=O) groups is 1. The lowest BCUT2D eigenvalue weighted by molar-refractivity contribution is -0.117. The lowest BCUT2D eigenvalue weighted by Gasteiger charge is -2.10. The summed E-state index contributed by atoms with van der Waals surface area (Å²) in [6.07, 6.45) is 0.289. The van der Waals surface area contributed by atoms with Gasteiger partial charge in [-0.2, -0.15) is 5.26 Å². The first-order valence-electron chi connectivity index (χ1n) is 5.67. The molecular weight excluding hydrogens is 232 g/mol. The standard InChI is InChI=1S/C13H16N2O3/c1-3-18-7-6-13(16)15-11-5-4-10(9-14)8-12(11)17-2/h4-5,8H,3,6-7H2,1-2H3,(H,15,16). The lowest BCUT2D eigenvalue weighted by atomic mass is 10.2. The zero-order chi connectivity index (χ0) is 13.4. The number of rotatable bonds is 6. The third-order valence-corrected chi connectivity index (χ3v) is 2.28. The molecule has 0 spiro atoms. The molecule has 0 aliphatic rings. The first-order valence-corrected chi connectivity index (χ1v) is 5.67. The molecule has 1 N–H and O–H groups in total. The summed E-state index contributed by atoms with van der Waals surface area (Å²) in [5.74, 6) is 0.324. The molecule has 1 amide bonds. The Hall–Kier alpha value is -2.06. The fourth-order valence-corrected chi connectivity index (χ4v) is 1.39. The Labute approximate surface area is 106 Å². The Morgan fingerprint density at radius 1 is 1.50 bits per heavy atom. The van der Waals surface area contributed by atoms with Crippen molar-refractivity contribution in [3.8, 4) is 11.8 Å². The third kappa shape index (κ3) is 4.07. The molecule has 1 aromatic rings. The highest BCUT2D eigenvalue weighted by molar-refractivity contribution is 5.92. The molecule has 0 radical (unpaired) electrons. The zero-order valence-corrected chi connectivity index (χ0v) is 10.5. The van der Waals surface area contributed by atoms with Gasteiger partial charge in [-0.25, -0.2) is 0 Å². The van der Waals surface area contributed by atoms with Crippen molar-refractivity contribution in [1.82, 2.24) is 0 Å². The summed E-state index contributed by atoms with van der Waals surface area (Å²) in [4.78, 5) is 11.6. The topological polar surface area (TPSA) is 71.3 Å². The van der Waals surface area contributed by atoms with Crippen molar-refractivity contribution in [3.05, 3.63) is 23.8 Å². The second-order valence-corrected chi connectivity index (χ2v) is 3.52. The van der Waals surface area contributed by atoms with Crippen LogP contribution in [-0.2, 0) is 9.53 Å². The van der Waals surface area contributed by atoms with Crippen LogP contribution in [-0.4, -0.2) is 26.2 Å². The number of nitriles is 1. The minimum absolute atomic E-state index is 0.147. The van der Waals surface area contributed by atoms with Gasteiger partial charge in [-0.1, -0.05) is 0 Å². The van der Waals surface area contributed by atoms with Crippen LogP contribution in [0.25, 0.3) is 0 Å². The first kappa shape index (κ1) is 14.0. The monoisotopic (exact) mass is 248 g/mol. The Morgan fingerprint density at radius 3 is 2.89 bits per heavy atom. The molecule has 5 nitrogen and oxygen atoms in total. The van der Waals surface area contributed by atoms with E-state index in [1.54, 1.807) is 18.2 Å². The van der Waals surface area contributed by atoms with E-state index in [9.17, 15) is 4.79 Å². The normalized spacial score (nSPS) is 9.61. The highest BCUT2D eigenvalue weighted by Crippen LogP contribution is 2.25. The van der Waals surface area contributed by atoms with Gasteiger partial charge >= 0.3 is 0 Å². The number of carbonyl (C=O) groups excluding carboxylic acids is 1. The number of ether oxygens (including phenoxy) is 2. The fraction of sp³-hybridized carbons (Fsp3) is 0.385. The number of benzene rings is 1. The van der Waals surface area contributed by atoms with Gasteiger partial charge in [0.15, 0.2) is 0 Å². The van der Waals surface area contributed by atoms with Crippen molar-refractivity contribution in [1.29, 1.82) is 5.26 Å². The summed E-state index contributed by atoms with van der Waals surface area (Å²) < 4.78 is 10.2. The van der Waals surface area contributed by atoms with Gasteiger partial charge in [-0.05, 0) is 19.1 Å². The van der Waals surface area contributed by atoms with E-state index in [4.69, 9.17) is 14.7 Å². The van der Waals surface area contributed by atoms with Gasteiger partial charge in [0.2, 0.25) is 5.91 Å². The summed E-state index contributed by atoms with van der Waals surface area (Å²) in [7, 11) is 1.49. The highest BCUT2D eigenvalue weighted by atomic mass is 16.5. The number of nitrogens with one attached hydrogen (secondary N) is 1. The molecule has 0 aromatic heterocycles. The zero-order valence-electron chi connectivity index (χ0n) is 10.5. The van der Waals surface area contributed by atoms with E-state index in [1.165, 1.54) is 7.11 Å². The molecule has 0 aliphatic carbocycles. The van der Waals surface area contributed by atoms with Gasteiger partial charge < -0.3 is 14.8 Å². The molecule has 0 bridgehead atoms. The molecule has 0 unspecified atom stereocenters. The predicted octanol–water partition coefficient (Wildman–Crippen LogP) is 1.93.